The van der Waals surface area contributed by atoms with Gasteiger partial charge < -0.3 is 15.6 Å². The number of ether oxygens (including phenoxy) is 1. The number of carboxylic acid groups (broad SMARTS) is 1. The van der Waals surface area contributed by atoms with E-state index in [1.165, 1.54) is 7.11 Å². The first-order valence-corrected chi connectivity index (χ1v) is 4.90. The maximum Gasteiger partial charge on any atom is 0.312 e. The van der Waals surface area contributed by atoms with Gasteiger partial charge in [-0.15, -0.1) is 0 Å². The van der Waals surface area contributed by atoms with E-state index in [9.17, 15) is 13.6 Å². The highest BCUT2D eigenvalue weighted by Crippen LogP contribution is 2.22. The Morgan fingerprint density at radius 1 is 1.47 bits per heavy atom. The Balaban J connectivity index is 3.17. The number of hydrogen-bond acceptors (Lipinski definition) is 3. The number of halogens is 2. The second kappa shape index (κ2) is 5.70. The predicted molar refractivity (Wildman–Crippen MR) is 56.5 cm³/mol. The summed E-state index contributed by atoms with van der Waals surface area (Å²) < 4.78 is 31.7. The van der Waals surface area contributed by atoms with E-state index in [-0.39, 0.29) is 24.3 Å². The zero-order valence-electron chi connectivity index (χ0n) is 9.24. The van der Waals surface area contributed by atoms with Crippen molar-refractivity contribution in [3.63, 3.8) is 0 Å². The van der Waals surface area contributed by atoms with Crippen molar-refractivity contribution in [1.82, 2.24) is 0 Å². The topological polar surface area (TPSA) is 72.5 Å². The molecule has 0 aliphatic heterocycles. The molecule has 94 valence electrons. The van der Waals surface area contributed by atoms with E-state index in [1.807, 2.05) is 0 Å². The van der Waals surface area contributed by atoms with Crippen molar-refractivity contribution in [3.05, 3.63) is 34.9 Å². The van der Waals surface area contributed by atoms with Crippen LogP contribution in [-0.2, 0) is 16.1 Å². The van der Waals surface area contributed by atoms with Gasteiger partial charge >= 0.3 is 5.97 Å². The molecule has 0 bridgehead atoms. The van der Waals surface area contributed by atoms with Gasteiger partial charge in [0.2, 0.25) is 0 Å². The monoisotopic (exact) mass is 245 g/mol. The van der Waals surface area contributed by atoms with Gasteiger partial charge in [-0.2, -0.15) is 0 Å². The van der Waals surface area contributed by atoms with Gasteiger partial charge in [-0.3, -0.25) is 4.79 Å². The molecule has 1 rings (SSSR count). The molecule has 0 amide bonds. The van der Waals surface area contributed by atoms with Gasteiger partial charge in [-0.1, -0.05) is 0 Å². The lowest BCUT2D eigenvalue weighted by atomic mass is 9.97. The zero-order chi connectivity index (χ0) is 13.0. The molecule has 17 heavy (non-hydrogen) atoms. The number of rotatable bonds is 5. The highest BCUT2D eigenvalue weighted by molar-refractivity contribution is 5.76. The third kappa shape index (κ3) is 2.98. The average Bonchev–Trinajstić information content (AvgIpc) is 2.24. The van der Waals surface area contributed by atoms with Crippen LogP contribution in [-0.4, -0.2) is 24.7 Å². The SMILES string of the molecule is COCc1c(F)cc(C(CN)C(=O)O)cc1F. The summed E-state index contributed by atoms with van der Waals surface area (Å²) >= 11 is 0. The standard InChI is InChI=1S/C11H13F2NO3/c1-17-5-8-9(12)2-6(3-10(8)13)7(4-14)11(15)16/h2-3,7H,4-5,14H2,1H3,(H,15,16). The van der Waals surface area contributed by atoms with Crippen molar-refractivity contribution in [2.45, 2.75) is 12.5 Å². The lowest BCUT2D eigenvalue weighted by molar-refractivity contribution is -0.138. The number of carbonyl (C=O) groups is 1. The Bertz CT molecular complexity index is 400. The summed E-state index contributed by atoms with van der Waals surface area (Å²) in [7, 11) is 1.31. The molecule has 1 aromatic carbocycles. The van der Waals surface area contributed by atoms with E-state index in [4.69, 9.17) is 10.8 Å². The summed E-state index contributed by atoms with van der Waals surface area (Å²) in [6, 6.07) is 1.95. The summed E-state index contributed by atoms with van der Waals surface area (Å²) in [5, 5.41) is 8.83. The van der Waals surface area contributed by atoms with Crippen LogP contribution >= 0.6 is 0 Å². The van der Waals surface area contributed by atoms with Crippen LogP contribution in [0.5, 0.6) is 0 Å². The van der Waals surface area contributed by atoms with Gasteiger partial charge in [0.15, 0.2) is 0 Å². The van der Waals surface area contributed by atoms with Gasteiger partial charge in [-0.25, -0.2) is 8.78 Å². The summed E-state index contributed by atoms with van der Waals surface area (Å²) in [4.78, 5) is 10.8. The van der Waals surface area contributed by atoms with E-state index in [1.54, 1.807) is 0 Å². The lowest BCUT2D eigenvalue weighted by Gasteiger charge is -2.12. The molecule has 0 aliphatic carbocycles. The molecule has 0 fully saturated rings. The molecule has 0 aliphatic rings. The molecule has 4 nitrogen and oxygen atoms in total. The zero-order valence-corrected chi connectivity index (χ0v) is 9.24. The fraction of sp³-hybridized carbons (Fsp3) is 0.364. The molecular weight excluding hydrogens is 232 g/mol. The molecule has 0 saturated carbocycles. The minimum absolute atomic E-state index is 0.00912. The number of methoxy groups -OCH3 is 1. The molecule has 0 saturated heterocycles. The van der Waals surface area contributed by atoms with Crippen LogP contribution in [0.2, 0.25) is 0 Å². The fourth-order valence-electron chi connectivity index (χ4n) is 1.49. The summed E-state index contributed by atoms with van der Waals surface area (Å²) in [6.07, 6.45) is 0. The van der Waals surface area contributed by atoms with Crippen LogP contribution < -0.4 is 5.73 Å². The van der Waals surface area contributed by atoms with Crippen molar-refractivity contribution in [2.75, 3.05) is 13.7 Å². The molecule has 0 spiro atoms. The van der Waals surface area contributed by atoms with E-state index in [0.29, 0.717) is 0 Å². The van der Waals surface area contributed by atoms with Crippen LogP contribution in [0.25, 0.3) is 0 Å². The highest BCUT2D eigenvalue weighted by atomic mass is 19.1. The Labute approximate surface area is 97.0 Å². The van der Waals surface area contributed by atoms with E-state index in [2.05, 4.69) is 4.74 Å². The Hall–Kier alpha value is -1.53. The van der Waals surface area contributed by atoms with Gasteiger partial charge in [0.1, 0.15) is 11.6 Å². The largest absolute Gasteiger partial charge is 0.481 e. The number of carboxylic acids is 1. The van der Waals surface area contributed by atoms with Crippen LogP contribution in [0.3, 0.4) is 0 Å². The Kier molecular flexibility index (Phi) is 4.53. The minimum atomic E-state index is -1.22. The first-order chi connectivity index (χ1) is 8.01. The number of benzene rings is 1. The molecule has 0 radical (unpaired) electrons. The maximum atomic E-state index is 13.5. The van der Waals surface area contributed by atoms with Crippen molar-refractivity contribution < 1.29 is 23.4 Å². The third-order valence-electron chi connectivity index (χ3n) is 2.39. The quantitative estimate of drug-likeness (QED) is 0.818. The normalized spacial score (nSPS) is 12.5. The number of nitrogens with two attached hydrogens (primary N) is 1. The molecule has 1 atom stereocenters. The van der Waals surface area contributed by atoms with Gasteiger partial charge in [0.05, 0.1) is 12.5 Å². The molecule has 0 heterocycles. The van der Waals surface area contributed by atoms with Crippen LogP contribution in [0.15, 0.2) is 12.1 Å². The number of aliphatic carboxylic acids is 1. The molecule has 1 unspecified atom stereocenters. The second-order valence-electron chi connectivity index (χ2n) is 3.52. The molecule has 0 aromatic heterocycles. The van der Waals surface area contributed by atoms with E-state index >= 15 is 0 Å². The van der Waals surface area contributed by atoms with Crippen molar-refractivity contribution in [2.24, 2.45) is 5.73 Å². The molecule has 1 aromatic rings. The Morgan fingerprint density at radius 3 is 2.35 bits per heavy atom. The third-order valence-corrected chi connectivity index (χ3v) is 2.39. The summed E-state index contributed by atoms with van der Waals surface area (Å²) in [5.74, 6) is -4.00. The smallest absolute Gasteiger partial charge is 0.312 e. The van der Waals surface area contributed by atoms with Crippen LogP contribution in [0.4, 0.5) is 8.78 Å². The highest BCUT2D eigenvalue weighted by Gasteiger charge is 2.21. The first-order valence-electron chi connectivity index (χ1n) is 4.90. The van der Waals surface area contributed by atoms with E-state index in [0.717, 1.165) is 12.1 Å². The molecule has 3 N–H and O–H groups in total. The average molecular weight is 245 g/mol. The van der Waals surface area contributed by atoms with Crippen molar-refractivity contribution in [3.8, 4) is 0 Å². The van der Waals surface area contributed by atoms with Crippen molar-refractivity contribution >= 4 is 5.97 Å². The fourth-order valence-corrected chi connectivity index (χ4v) is 1.49. The van der Waals surface area contributed by atoms with Crippen LogP contribution in [0.1, 0.15) is 17.0 Å². The van der Waals surface area contributed by atoms with Gasteiger partial charge in [-0.05, 0) is 17.7 Å². The van der Waals surface area contributed by atoms with Gasteiger partial charge in [0, 0.05) is 19.2 Å². The second-order valence-corrected chi connectivity index (χ2v) is 3.52. The predicted octanol–water partition coefficient (Wildman–Crippen LogP) is 1.24. The summed E-state index contributed by atoms with van der Waals surface area (Å²) in [5.41, 5.74) is 5.04. The van der Waals surface area contributed by atoms with Gasteiger partial charge in [0.25, 0.3) is 0 Å². The molecule has 6 heteroatoms. The van der Waals surface area contributed by atoms with Crippen molar-refractivity contribution in [1.29, 1.82) is 0 Å². The number of hydrogen-bond donors (Lipinski definition) is 2. The maximum absolute atomic E-state index is 13.5. The van der Waals surface area contributed by atoms with Crippen LogP contribution in [0, 0.1) is 11.6 Å². The Morgan fingerprint density at radius 2 is 2.00 bits per heavy atom. The minimum Gasteiger partial charge on any atom is -0.481 e. The molecular formula is C11H13F2NO3. The first kappa shape index (κ1) is 13.5. The summed E-state index contributed by atoms with van der Waals surface area (Å²) in [6.45, 7) is -0.434. The lowest BCUT2D eigenvalue weighted by Crippen LogP contribution is -2.21. The van der Waals surface area contributed by atoms with E-state index < -0.39 is 23.5 Å².